The van der Waals surface area contributed by atoms with Crippen LogP contribution in [0.3, 0.4) is 0 Å². The van der Waals surface area contributed by atoms with Crippen LogP contribution in [0.1, 0.15) is 124 Å². The second kappa shape index (κ2) is 10.8. The van der Waals surface area contributed by atoms with E-state index in [0.29, 0.717) is 11.8 Å². The van der Waals surface area contributed by atoms with E-state index >= 15 is 0 Å². The highest BCUT2D eigenvalue weighted by Crippen LogP contribution is 2.54. The summed E-state index contributed by atoms with van der Waals surface area (Å²) in [5.74, 6) is 3.58. The molecular formula is C48H51N3O2. The van der Waals surface area contributed by atoms with Crippen LogP contribution in [0.25, 0.3) is 27.6 Å². The number of aliphatic imine (C=N–C) groups is 1. The Morgan fingerprint density at radius 3 is 2.34 bits per heavy atom. The molecule has 4 aromatic carbocycles. The van der Waals surface area contributed by atoms with Crippen molar-refractivity contribution in [3.05, 3.63) is 129 Å². The Hall–Kier alpha value is -4.90. The number of hydrogen-bond donors (Lipinski definition) is 0. The summed E-state index contributed by atoms with van der Waals surface area (Å²) >= 11 is 0. The van der Waals surface area contributed by atoms with Gasteiger partial charge >= 0.3 is 0 Å². The number of nitrogens with zero attached hydrogens (tertiary/aromatic N) is 3. The average Bonchev–Trinajstić information content (AvgIpc) is 3.64. The quantitative estimate of drug-likeness (QED) is 0.184. The molecule has 53 heavy (non-hydrogen) atoms. The minimum Gasteiger partial charge on any atom is -0.464 e. The maximum absolute atomic E-state index is 6.95. The molecule has 2 aliphatic heterocycles. The molecule has 0 saturated carbocycles. The third kappa shape index (κ3) is 4.68. The van der Waals surface area contributed by atoms with Gasteiger partial charge in [0.25, 0.3) is 0 Å². The Bertz CT molecular complexity index is 2600. The van der Waals surface area contributed by atoms with Gasteiger partial charge in [0.15, 0.2) is 5.60 Å². The van der Waals surface area contributed by atoms with E-state index in [1.165, 1.54) is 60.8 Å². The first-order chi connectivity index (χ1) is 24.9. The van der Waals surface area contributed by atoms with Crippen LogP contribution >= 0.6 is 0 Å². The van der Waals surface area contributed by atoms with Crippen molar-refractivity contribution in [1.29, 1.82) is 0 Å². The molecule has 0 amide bonds. The van der Waals surface area contributed by atoms with E-state index in [1.54, 1.807) is 0 Å². The zero-order chi connectivity index (χ0) is 37.6. The zero-order valence-corrected chi connectivity index (χ0v) is 33.4. The molecule has 2 aromatic heterocycles. The highest BCUT2D eigenvalue weighted by molar-refractivity contribution is 6.12. The molecule has 2 atom stereocenters. The smallest absolute Gasteiger partial charge is 0.217 e. The Labute approximate surface area is 314 Å². The first kappa shape index (κ1) is 33.9. The zero-order valence-electron chi connectivity index (χ0n) is 33.4. The lowest BCUT2D eigenvalue weighted by Crippen LogP contribution is -2.40. The van der Waals surface area contributed by atoms with Crippen LogP contribution in [0, 0.1) is 20.8 Å². The maximum Gasteiger partial charge on any atom is 0.217 e. The van der Waals surface area contributed by atoms with Crippen molar-refractivity contribution in [3.63, 3.8) is 0 Å². The van der Waals surface area contributed by atoms with Crippen LogP contribution in [-0.4, -0.2) is 21.0 Å². The van der Waals surface area contributed by atoms with E-state index in [2.05, 4.69) is 154 Å². The number of pyridine rings is 1. The standard InChI is InChI=1S/C48H51N3O2/c1-26(2)30-19-31(44-50-47(11)25-36-29(5)27(3)15-16-37(36)48(47,12)53-44)21-33(20-30)52-41-24-40-34(18-28(41)4)35-22-32(45(6,7)8)23-39-42(35)51(40)43-38(46(39,9)10)14-13-17-49-43/h13-24,26H,25H2,1-12H3/t47-,48+/m1/s1. The highest BCUT2D eigenvalue weighted by Gasteiger charge is 2.59. The van der Waals surface area contributed by atoms with Crippen molar-refractivity contribution >= 4 is 27.7 Å². The fourth-order valence-electron chi connectivity index (χ4n) is 9.22. The summed E-state index contributed by atoms with van der Waals surface area (Å²) in [6.45, 7) is 27.1. The molecule has 0 radical (unpaired) electrons. The Morgan fingerprint density at radius 1 is 0.830 bits per heavy atom. The fraction of sp³-hybridized carbons (Fsp3) is 0.375. The van der Waals surface area contributed by atoms with Crippen LogP contribution in [0.4, 0.5) is 0 Å². The van der Waals surface area contributed by atoms with Gasteiger partial charge in [-0.1, -0.05) is 72.7 Å². The lowest BCUT2D eigenvalue weighted by Gasteiger charge is -2.35. The first-order valence-electron chi connectivity index (χ1n) is 19.2. The van der Waals surface area contributed by atoms with Gasteiger partial charge in [0, 0.05) is 51.6 Å². The van der Waals surface area contributed by atoms with Crippen molar-refractivity contribution in [3.8, 4) is 17.3 Å². The van der Waals surface area contributed by atoms with E-state index in [1.807, 2.05) is 6.20 Å². The van der Waals surface area contributed by atoms with Gasteiger partial charge in [-0.3, -0.25) is 4.57 Å². The Morgan fingerprint density at radius 2 is 1.60 bits per heavy atom. The third-order valence-electron chi connectivity index (χ3n) is 13.0. The number of fused-ring (bicyclic) bond motifs is 8. The molecule has 0 bridgehead atoms. The van der Waals surface area contributed by atoms with Crippen LogP contribution < -0.4 is 4.74 Å². The molecule has 5 nitrogen and oxygen atoms in total. The molecule has 0 unspecified atom stereocenters. The number of hydrogen-bond acceptors (Lipinski definition) is 4. The monoisotopic (exact) mass is 701 g/mol. The largest absolute Gasteiger partial charge is 0.464 e. The van der Waals surface area contributed by atoms with Gasteiger partial charge < -0.3 is 9.47 Å². The van der Waals surface area contributed by atoms with E-state index in [0.717, 1.165) is 40.4 Å². The molecule has 0 spiro atoms. The summed E-state index contributed by atoms with van der Waals surface area (Å²) in [5, 5.41) is 2.48. The summed E-state index contributed by atoms with van der Waals surface area (Å²) < 4.78 is 16.3. The fourth-order valence-corrected chi connectivity index (χ4v) is 9.22. The second-order valence-corrected chi connectivity index (χ2v) is 18.2. The minimum absolute atomic E-state index is 0.00380. The predicted molar refractivity (Wildman–Crippen MR) is 218 cm³/mol. The van der Waals surface area contributed by atoms with Crippen molar-refractivity contribution in [2.75, 3.05) is 0 Å². The predicted octanol–water partition coefficient (Wildman–Crippen LogP) is 12.0. The number of ether oxygens (including phenoxy) is 2. The number of aromatic nitrogens is 2. The van der Waals surface area contributed by atoms with E-state index < -0.39 is 5.60 Å². The SMILES string of the molecule is Cc1cc2c3cc(C(C)(C)C)cc4c3n(c2cc1Oc1cc(C2=N[C@]3(C)Cc5c(ccc(C)c5C)[C@]3(C)O2)cc(C(C)C)c1)-c1ncccc1C4(C)C. The topological polar surface area (TPSA) is 48.6 Å². The van der Waals surface area contributed by atoms with Gasteiger partial charge in [-0.05, 0) is 121 Å². The molecular weight excluding hydrogens is 651 g/mol. The third-order valence-corrected chi connectivity index (χ3v) is 13.0. The molecule has 3 aliphatic rings. The van der Waals surface area contributed by atoms with Gasteiger partial charge in [0.05, 0.1) is 11.0 Å². The van der Waals surface area contributed by atoms with E-state index in [9.17, 15) is 0 Å². The van der Waals surface area contributed by atoms with Gasteiger partial charge in [-0.15, -0.1) is 0 Å². The van der Waals surface area contributed by atoms with E-state index in [4.69, 9.17) is 19.5 Å². The van der Waals surface area contributed by atoms with Crippen LogP contribution in [0.2, 0.25) is 0 Å². The minimum atomic E-state index is -0.532. The van der Waals surface area contributed by atoms with Gasteiger partial charge in [-0.2, -0.15) is 0 Å². The van der Waals surface area contributed by atoms with Gasteiger partial charge in [0.2, 0.25) is 5.90 Å². The van der Waals surface area contributed by atoms with Crippen LogP contribution in [-0.2, 0) is 27.6 Å². The molecule has 0 fully saturated rings. The number of rotatable bonds is 4. The Balaban J connectivity index is 1.18. The van der Waals surface area contributed by atoms with Gasteiger partial charge in [0.1, 0.15) is 22.9 Å². The second-order valence-electron chi connectivity index (χ2n) is 18.2. The first-order valence-corrected chi connectivity index (χ1v) is 19.2. The molecule has 0 N–H and O–H groups in total. The summed E-state index contributed by atoms with van der Waals surface area (Å²) in [6.07, 6.45) is 2.78. The highest BCUT2D eigenvalue weighted by atomic mass is 16.5. The van der Waals surface area contributed by atoms with Crippen molar-refractivity contribution in [2.45, 2.75) is 117 Å². The van der Waals surface area contributed by atoms with E-state index in [-0.39, 0.29) is 16.4 Å². The lowest BCUT2D eigenvalue weighted by atomic mass is 9.73. The normalized spacial score (nSPS) is 21.1. The summed E-state index contributed by atoms with van der Waals surface area (Å²) in [7, 11) is 0. The van der Waals surface area contributed by atoms with Crippen molar-refractivity contribution in [2.24, 2.45) is 4.99 Å². The molecule has 0 saturated heterocycles. The number of aryl methyl sites for hydroxylation is 2. The van der Waals surface area contributed by atoms with Crippen LogP contribution in [0.5, 0.6) is 11.5 Å². The number of benzene rings is 4. The lowest BCUT2D eigenvalue weighted by molar-refractivity contribution is 0.0450. The van der Waals surface area contributed by atoms with Crippen molar-refractivity contribution in [1.82, 2.24) is 9.55 Å². The average molecular weight is 702 g/mol. The summed E-state index contributed by atoms with van der Waals surface area (Å²) in [6, 6.07) is 24.6. The van der Waals surface area contributed by atoms with Gasteiger partial charge in [-0.25, -0.2) is 9.98 Å². The molecule has 6 aromatic rings. The summed E-state index contributed by atoms with van der Waals surface area (Å²) in [4.78, 5) is 10.4. The molecule has 4 heterocycles. The molecule has 5 heteroatoms. The van der Waals surface area contributed by atoms with Crippen LogP contribution in [0.15, 0.2) is 77.9 Å². The van der Waals surface area contributed by atoms with Crippen molar-refractivity contribution < 1.29 is 9.47 Å². The Kier molecular flexibility index (Phi) is 6.93. The molecule has 270 valence electrons. The maximum atomic E-state index is 6.95. The molecule has 1 aliphatic carbocycles. The summed E-state index contributed by atoms with van der Waals surface area (Å²) in [5.41, 5.74) is 13.7. The molecule has 9 rings (SSSR count).